The highest BCUT2D eigenvalue weighted by Crippen LogP contribution is 2.38. The fourth-order valence-electron chi connectivity index (χ4n) is 3.70. The van der Waals surface area contributed by atoms with Crippen LogP contribution in [0.3, 0.4) is 0 Å². The molecule has 118 valence electrons. The molecule has 1 fully saturated rings. The van der Waals surface area contributed by atoms with Crippen LogP contribution in [0.15, 0.2) is 36.2 Å². The zero-order chi connectivity index (χ0) is 15.6. The third kappa shape index (κ3) is 3.08. The lowest BCUT2D eigenvalue weighted by Gasteiger charge is -2.40. The van der Waals surface area contributed by atoms with Gasteiger partial charge in [-0.25, -0.2) is 0 Å². The summed E-state index contributed by atoms with van der Waals surface area (Å²) in [6, 6.07) is 4.13. The normalized spacial score (nSPS) is 29.1. The van der Waals surface area contributed by atoms with Gasteiger partial charge in [-0.15, -0.1) is 0 Å². The Morgan fingerprint density at radius 1 is 1.45 bits per heavy atom. The molecule has 0 saturated carbocycles. The van der Waals surface area contributed by atoms with Crippen LogP contribution in [0.2, 0.25) is 0 Å². The Morgan fingerprint density at radius 3 is 3.00 bits per heavy atom. The average Bonchev–Trinajstić information content (AvgIpc) is 2.58. The van der Waals surface area contributed by atoms with E-state index in [0.29, 0.717) is 11.8 Å². The molecule has 1 aromatic heterocycles. The molecule has 1 saturated heterocycles. The topological polar surface area (TPSA) is 33.2 Å². The molecule has 2 heterocycles. The Hall–Kier alpha value is -1.64. The van der Waals surface area contributed by atoms with E-state index in [4.69, 9.17) is 0 Å². The molecule has 3 rings (SSSR count). The molecule has 2 atom stereocenters. The summed E-state index contributed by atoms with van der Waals surface area (Å²) in [6.07, 6.45) is 11.2. The van der Waals surface area contributed by atoms with E-state index in [0.717, 1.165) is 45.2 Å². The van der Waals surface area contributed by atoms with E-state index >= 15 is 0 Å². The lowest BCUT2D eigenvalue weighted by Crippen LogP contribution is -2.47. The Balaban J connectivity index is 1.71. The number of rotatable bonds is 2. The van der Waals surface area contributed by atoms with Crippen LogP contribution in [0.4, 0.5) is 0 Å². The molecule has 1 aliphatic carbocycles. The molecule has 22 heavy (non-hydrogen) atoms. The van der Waals surface area contributed by atoms with Gasteiger partial charge in [-0.05, 0) is 50.7 Å². The van der Waals surface area contributed by atoms with Gasteiger partial charge < -0.3 is 4.90 Å². The molecule has 3 nitrogen and oxygen atoms in total. The summed E-state index contributed by atoms with van der Waals surface area (Å²) >= 11 is 0. The van der Waals surface area contributed by atoms with E-state index in [9.17, 15) is 4.79 Å². The monoisotopic (exact) mass is 298 g/mol. The fourth-order valence-corrected chi connectivity index (χ4v) is 3.70. The van der Waals surface area contributed by atoms with E-state index < -0.39 is 0 Å². The standard InChI is InChI=1S/C19H26N2O/c1-15-7-9-19(2,10-8-15)18(22)21-12-4-6-17(14-21)16-5-3-11-20-13-16/h3,5,7,11,13,17H,4,6,8-10,12,14H2,1-2H3. The number of nitrogens with zero attached hydrogens (tertiary/aromatic N) is 2. The van der Waals surface area contributed by atoms with Crippen molar-refractivity contribution in [3.05, 3.63) is 41.7 Å². The minimum Gasteiger partial charge on any atom is -0.342 e. The van der Waals surface area contributed by atoms with Crippen LogP contribution in [-0.4, -0.2) is 28.9 Å². The summed E-state index contributed by atoms with van der Waals surface area (Å²) in [5.74, 6) is 0.792. The second kappa shape index (κ2) is 6.23. The number of piperidine rings is 1. The first kappa shape index (κ1) is 15.3. The third-order valence-electron chi connectivity index (χ3n) is 5.35. The number of carbonyl (C=O) groups excluding carboxylic acids is 1. The first-order valence-corrected chi connectivity index (χ1v) is 8.43. The van der Waals surface area contributed by atoms with Crippen LogP contribution >= 0.6 is 0 Å². The van der Waals surface area contributed by atoms with Crippen LogP contribution < -0.4 is 0 Å². The molecular formula is C19H26N2O. The lowest BCUT2D eigenvalue weighted by atomic mass is 9.75. The molecular weight excluding hydrogens is 272 g/mol. The highest BCUT2D eigenvalue weighted by Gasteiger charge is 2.38. The zero-order valence-electron chi connectivity index (χ0n) is 13.7. The van der Waals surface area contributed by atoms with Gasteiger partial charge >= 0.3 is 0 Å². The van der Waals surface area contributed by atoms with Gasteiger partial charge in [0.05, 0.1) is 5.41 Å². The summed E-state index contributed by atoms with van der Waals surface area (Å²) in [6.45, 7) is 6.08. The summed E-state index contributed by atoms with van der Waals surface area (Å²) < 4.78 is 0. The van der Waals surface area contributed by atoms with E-state index in [2.05, 4.69) is 35.9 Å². The maximum atomic E-state index is 13.0. The first-order chi connectivity index (χ1) is 10.6. The van der Waals surface area contributed by atoms with Crippen LogP contribution in [0, 0.1) is 5.41 Å². The van der Waals surface area contributed by atoms with Gasteiger partial charge in [0.25, 0.3) is 0 Å². The molecule has 0 aromatic carbocycles. The number of carbonyl (C=O) groups is 1. The molecule has 0 spiro atoms. The zero-order valence-corrected chi connectivity index (χ0v) is 13.7. The SMILES string of the molecule is CC1=CCC(C)(C(=O)N2CCCC(c3cccnc3)C2)CC1. The first-order valence-electron chi connectivity index (χ1n) is 8.43. The largest absolute Gasteiger partial charge is 0.342 e. The molecule has 3 heteroatoms. The van der Waals surface area contributed by atoms with E-state index in [-0.39, 0.29) is 5.41 Å². The molecule has 0 N–H and O–H groups in total. The molecule has 2 unspecified atom stereocenters. The number of allylic oxidation sites excluding steroid dienone is 2. The lowest BCUT2D eigenvalue weighted by molar-refractivity contribution is -0.143. The van der Waals surface area contributed by atoms with Crippen molar-refractivity contribution in [1.29, 1.82) is 0 Å². The second-order valence-corrected chi connectivity index (χ2v) is 7.19. The predicted molar refractivity (Wildman–Crippen MR) is 88.5 cm³/mol. The molecule has 1 aliphatic heterocycles. The molecule has 2 aliphatic rings. The van der Waals surface area contributed by atoms with Crippen molar-refractivity contribution in [2.75, 3.05) is 13.1 Å². The molecule has 1 aromatic rings. The van der Waals surface area contributed by atoms with Gasteiger partial charge in [0.1, 0.15) is 0 Å². The maximum absolute atomic E-state index is 13.0. The van der Waals surface area contributed by atoms with E-state index in [1.165, 1.54) is 11.1 Å². The summed E-state index contributed by atoms with van der Waals surface area (Å²) in [5.41, 5.74) is 2.50. The number of amides is 1. The Morgan fingerprint density at radius 2 is 2.32 bits per heavy atom. The van der Waals surface area contributed by atoms with Crippen LogP contribution in [-0.2, 0) is 4.79 Å². The summed E-state index contributed by atoms with van der Waals surface area (Å²) in [5, 5.41) is 0. The number of hydrogen-bond acceptors (Lipinski definition) is 2. The van der Waals surface area contributed by atoms with Crippen LogP contribution in [0.1, 0.15) is 57.4 Å². The fraction of sp³-hybridized carbons (Fsp3) is 0.579. The van der Waals surface area contributed by atoms with Gasteiger partial charge in [0, 0.05) is 31.4 Å². The number of pyridine rings is 1. The molecule has 0 radical (unpaired) electrons. The van der Waals surface area contributed by atoms with Crippen molar-refractivity contribution in [3.63, 3.8) is 0 Å². The number of aromatic nitrogens is 1. The Kier molecular flexibility index (Phi) is 4.32. The minimum absolute atomic E-state index is 0.198. The highest BCUT2D eigenvalue weighted by molar-refractivity contribution is 5.83. The van der Waals surface area contributed by atoms with Crippen molar-refractivity contribution in [2.24, 2.45) is 5.41 Å². The number of likely N-dealkylation sites (tertiary alicyclic amines) is 1. The summed E-state index contributed by atoms with van der Waals surface area (Å²) in [7, 11) is 0. The second-order valence-electron chi connectivity index (χ2n) is 7.19. The van der Waals surface area contributed by atoms with Crippen molar-refractivity contribution in [1.82, 2.24) is 9.88 Å². The van der Waals surface area contributed by atoms with Crippen molar-refractivity contribution in [3.8, 4) is 0 Å². The van der Waals surface area contributed by atoms with Gasteiger partial charge in [-0.1, -0.05) is 24.6 Å². The van der Waals surface area contributed by atoms with Crippen molar-refractivity contribution >= 4 is 5.91 Å². The number of hydrogen-bond donors (Lipinski definition) is 0. The van der Waals surface area contributed by atoms with Crippen LogP contribution in [0.5, 0.6) is 0 Å². The average molecular weight is 298 g/mol. The predicted octanol–water partition coefficient (Wildman–Crippen LogP) is 3.92. The minimum atomic E-state index is -0.198. The van der Waals surface area contributed by atoms with Crippen LogP contribution in [0.25, 0.3) is 0 Å². The Bertz CT molecular complexity index is 566. The van der Waals surface area contributed by atoms with Gasteiger partial charge in [-0.3, -0.25) is 9.78 Å². The maximum Gasteiger partial charge on any atom is 0.228 e. The quantitative estimate of drug-likeness (QED) is 0.775. The highest BCUT2D eigenvalue weighted by atomic mass is 16.2. The van der Waals surface area contributed by atoms with Gasteiger partial charge in [0.2, 0.25) is 5.91 Å². The Labute approximate surface area is 133 Å². The van der Waals surface area contributed by atoms with E-state index in [1.54, 1.807) is 0 Å². The smallest absolute Gasteiger partial charge is 0.228 e. The van der Waals surface area contributed by atoms with Gasteiger partial charge in [-0.2, -0.15) is 0 Å². The van der Waals surface area contributed by atoms with Crippen molar-refractivity contribution in [2.45, 2.75) is 51.9 Å². The third-order valence-corrected chi connectivity index (χ3v) is 5.35. The summed E-state index contributed by atoms with van der Waals surface area (Å²) in [4.78, 5) is 19.4. The van der Waals surface area contributed by atoms with Gasteiger partial charge in [0.15, 0.2) is 0 Å². The van der Waals surface area contributed by atoms with Crippen molar-refractivity contribution < 1.29 is 4.79 Å². The molecule has 1 amide bonds. The molecule has 0 bridgehead atoms. The van der Waals surface area contributed by atoms with E-state index in [1.807, 2.05) is 18.5 Å².